The van der Waals surface area contributed by atoms with Crippen molar-refractivity contribution in [3.63, 3.8) is 0 Å². The maximum atomic E-state index is 12.5. The fraction of sp³-hybridized carbons (Fsp3) is 0.158. The third kappa shape index (κ3) is 3.70. The molecule has 122 valence electrons. The first-order valence-electron chi connectivity index (χ1n) is 7.76. The Bertz CT molecular complexity index is 771. The van der Waals surface area contributed by atoms with Crippen molar-refractivity contribution >= 4 is 23.6 Å². The summed E-state index contributed by atoms with van der Waals surface area (Å²) in [5, 5.41) is 11.5. The first kappa shape index (κ1) is 16.0. The van der Waals surface area contributed by atoms with E-state index in [1.165, 1.54) is 17.1 Å². The number of carbonyl (C=O) groups is 2. The zero-order valence-corrected chi connectivity index (χ0v) is 13.0. The second-order valence-electron chi connectivity index (χ2n) is 5.75. The molecule has 3 rings (SSSR count). The summed E-state index contributed by atoms with van der Waals surface area (Å²) >= 11 is 0. The molecule has 2 atom stereocenters. The van der Waals surface area contributed by atoms with Crippen molar-refractivity contribution in [2.75, 3.05) is 5.32 Å². The fourth-order valence-corrected chi connectivity index (χ4v) is 2.74. The number of nitrogens with one attached hydrogen (secondary N) is 2. The topological polar surface area (TPSA) is 78.4 Å². The molecule has 1 aliphatic rings. The van der Waals surface area contributed by atoms with Gasteiger partial charge in [-0.3, -0.25) is 14.8 Å². The Morgan fingerprint density at radius 2 is 1.75 bits per heavy atom. The molecule has 0 heterocycles. The monoisotopic (exact) mass is 322 g/mol. The SMILES string of the molecule is O=C(C=Cc1ccccc1NC(=O)[C@H]1C[C@H]1c1ccccc1)NO. The molecule has 0 bridgehead atoms. The summed E-state index contributed by atoms with van der Waals surface area (Å²) in [4.78, 5) is 23.6. The minimum absolute atomic E-state index is 0.0173. The van der Waals surface area contributed by atoms with Crippen molar-refractivity contribution in [2.24, 2.45) is 5.92 Å². The predicted octanol–water partition coefficient (Wildman–Crippen LogP) is 2.95. The molecule has 1 aliphatic carbocycles. The van der Waals surface area contributed by atoms with E-state index in [0.717, 1.165) is 6.42 Å². The van der Waals surface area contributed by atoms with Gasteiger partial charge in [0.2, 0.25) is 5.91 Å². The average Bonchev–Trinajstić information content (AvgIpc) is 3.42. The van der Waals surface area contributed by atoms with Gasteiger partial charge in [-0.1, -0.05) is 48.5 Å². The van der Waals surface area contributed by atoms with E-state index >= 15 is 0 Å². The average molecular weight is 322 g/mol. The molecule has 0 unspecified atom stereocenters. The van der Waals surface area contributed by atoms with Crippen LogP contribution in [0.15, 0.2) is 60.7 Å². The summed E-state index contributed by atoms with van der Waals surface area (Å²) in [5.74, 6) is -0.391. The van der Waals surface area contributed by atoms with Crippen LogP contribution in [0.1, 0.15) is 23.5 Å². The molecular formula is C19H18N2O3. The van der Waals surface area contributed by atoms with Gasteiger partial charge in [0.1, 0.15) is 0 Å². The third-order valence-corrected chi connectivity index (χ3v) is 4.10. The Kier molecular flexibility index (Phi) is 4.72. The van der Waals surface area contributed by atoms with E-state index in [-0.39, 0.29) is 17.7 Å². The molecule has 0 aromatic heterocycles. The van der Waals surface area contributed by atoms with E-state index in [2.05, 4.69) is 5.32 Å². The van der Waals surface area contributed by atoms with Crippen LogP contribution in [0.5, 0.6) is 0 Å². The minimum Gasteiger partial charge on any atom is -0.325 e. The number of para-hydroxylation sites is 1. The number of hydroxylamine groups is 1. The Morgan fingerprint density at radius 1 is 1.04 bits per heavy atom. The van der Waals surface area contributed by atoms with Gasteiger partial charge in [-0.05, 0) is 35.6 Å². The Morgan fingerprint density at radius 3 is 2.50 bits per heavy atom. The molecule has 2 amide bonds. The van der Waals surface area contributed by atoms with Gasteiger partial charge in [-0.15, -0.1) is 0 Å². The summed E-state index contributed by atoms with van der Waals surface area (Å²) in [5.41, 5.74) is 4.06. The van der Waals surface area contributed by atoms with Gasteiger partial charge in [-0.25, -0.2) is 5.48 Å². The number of benzene rings is 2. The smallest absolute Gasteiger partial charge is 0.267 e. The van der Waals surface area contributed by atoms with Crippen LogP contribution in [-0.4, -0.2) is 17.0 Å². The van der Waals surface area contributed by atoms with Gasteiger partial charge >= 0.3 is 0 Å². The number of rotatable bonds is 5. The lowest BCUT2D eigenvalue weighted by Gasteiger charge is -2.08. The van der Waals surface area contributed by atoms with E-state index in [1.54, 1.807) is 18.2 Å². The van der Waals surface area contributed by atoms with Crippen molar-refractivity contribution < 1.29 is 14.8 Å². The van der Waals surface area contributed by atoms with Crippen molar-refractivity contribution in [3.8, 4) is 0 Å². The molecule has 1 fully saturated rings. The highest BCUT2D eigenvalue weighted by molar-refractivity contribution is 5.98. The summed E-state index contributed by atoms with van der Waals surface area (Å²) in [6.45, 7) is 0. The van der Waals surface area contributed by atoms with Gasteiger partial charge in [0.25, 0.3) is 5.91 Å². The number of carbonyl (C=O) groups excluding carboxylic acids is 2. The van der Waals surface area contributed by atoms with E-state index in [1.807, 2.05) is 42.5 Å². The number of hydrogen-bond donors (Lipinski definition) is 3. The van der Waals surface area contributed by atoms with Crippen LogP contribution in [-0.2, 0) is 9.59 Å². The van der Waals surface area contributed by atoms with Gasteiger partial charge < -0.3 is 5.32 Å². The van der Waals surface area contributed by atoms with E-state index in [0.29, 0.717) is 11.3 Å². The quantitative estimate of drug-likeness (QED) is 0.450. The van der Waals surface area contributed by atoms with Gasteiger partial charge in [-0.2, -0.15) is 0 Å². The lowest BCUT2D eigenvalue weighted by atomic mass is 10.1. The molecule has 0 saturated heterocycles. The standard InChI is InChI=1S/C19H18N2O3/c22-18(21-24)11-10-14-8-4-5-9-17(14)20-19(23)16-12-15(16)13-6-2-1-3-7-13/h1-11,15-16,24H,12H2,(H,20,23)(H,21,22)/t15-,16-/m0/s1. The zero-order chi connectivity index (χ0) is 16.9. The lowest BCUT2D eigenvalue weighted by molar-refractivity contribution is -0.124. The van der Waals surface area contributed by atoms with Crippen LogP contribution in [0.4, 0.5) is 5.69 Å². The van der Waals surface area contributed by atoms with Crippen LogP contribution in [0.3, 0.4) is 0 Å². The van der Waals surface area contributed by atoms with Crippen LogP contribution in [0.25, 0.3) is 6.08 Å². The van der Waals surface area contributed by atoms with Crippen molar-refractivity contribution in [1.82, 2.24) is 5.48 Å². The summed E-state index contributed by atoms with van der Waals surface area (Å²) < 4.78 is 0. The minimum atomic E-state index is -0.623. The lowest BCUT2D eigenvalue weighted by Crippen LogP contribution is -2.16. The first-order valence-corrected chi connectivity index (χ1v) is 7.76. The van der Waals surface area contributed by atoms with Crippen molar-refractivity contribution in [3.05, 3.63) is 71.8 Å². The molecule has 0 radical (unpaired) electrons. The Balaban J connectivity index is 1.68. The van der Waals surface area contributed by atoms with Crippen LogP contribution in [0.2, 0.25) is 0 Å². The van der Waals surface area contributed by atoms with Gasteiger partial charge in [0.15, 0.2) is 0 Å². The van der Waals surface area contributed by atoms with Crippen molar-refractivity contribution in [1.29, 1.82) is 0 Å². The molecular weight excluding hydrogens is 304 g/mol. The van der Waals surface area contributed by atoms with Crippen molar-refractivity contribution in [2.45, 2.75) is 12.3 Å². The Labute approximate surface area is 140 Å². The normalized spacial score (nSPS) is 19.0. The Hall–Kier alpha value is -2.92. The van der Waals surface area contributed by atoms with Crippen LogP contribution < -0.4 is 10.8 Å². The molecule has 1 saturated carbocycles. The highest BCUT2D eigenvalue weighted by atomic mass is 16.5. The van der Waals surface area contributed by atoms with Crippen LogP contribution >= 0.6 is 0 Å². The predicted molar refractivity (Wildman–Crippen MR) is 91.3 cm³/mol. The van der Waals surface area contributed by atoms with E-state index in [9.17, 15) is 9.59 Å². The van der Waals surface area contributed by atoms with E-state index < -0.39 is 5.91 Å². The summed E-state index contributed by atoms with van der Waals surface area (Å²) in [6, 6.07) is 17.2. The largest absolute Gasteiger partial charge is 0.325 e. The second-order valence-corrected chi connectivity index (χ2v) is 5.75. The summed E-state index contributed by atoms with van der Waals surface area (Å²) in [6.07, 6.45) is 3.60. The number of amides is 2. The fourth-order valence-electron chi connectivity index (χ4n) is 2.74. The molecule has 5 heteroatoms. The molecule has 2 aromatic carbocycles. The second kappa shape index (κ2) is 7.10. The highest BCUT2D eigenvalue weighted by Gasteiger charge is 2.43. The molecule has 3 N–H and O–H groups in total. The van der Waals surface area contributed by atoms with Gasteiger partial charge in [0, 0.05) is 17.7 Å². The molecule has 0 spiro atoms. The number of hydrogen-bond acceptors (Lipinski definition) is 3. The molecule has 2 aromatic rings. The van der Waals surface area contributed by atoms with Crippen LogP contribution in [0, 0.1) is 5.92 Å². The molecule has 5 nitrogen and oxygen atoms in total. The third-order valence-electron chi connectivity index (χ3n) is 4.10. The number of anilines is 1. The maximum Gasteiger partial charge on any atom is 0.267 e. The highest BCUT2D eigenvalue weighted by Crippen LogP contribution is 2.47. The summed E-state index contributed by atoms with van der Waals surface area (Å²) in [7, 11) is 0. The zero-order valence-electron chi connectivity index (χ0n) is 13.0. The first-order chi connectivity index (χ1) is 11.7. The molecule has 24 heavy (non-hydrogen) atoms. The maximum absolute atomic E-state index is 12.5. The van der Waals surface area contributed by atoms with E-state index in [4.69, 9.17) is 5.21 Å². The molecule has 0 aliphatic heterocycles. The van der Waals surface area contributed by atoms with Gasteiger partial charge in [0.05, 0.1) is 0 Å².